The number of anilines is 1. The number of hydrogen-bond acceptors (Lipinski definition) is 4. The summed E-state index contributed by atoms with van der Waals surface area (Å²) in [6, 6.07) is 1.81. The number of nitrogens with one attached hydrogen (secondary N) is 1. The number of nitrogens with zero attached hydrogens (tertiary/aromatic N) is 3. The van der Waals surface area contributed by atoms with Crippen molar-refractivity contribution in [2.45, 2.75) is 12.5 Å². The molecule has 1 atom stereocenters. The molecule has 0 saturated carbocycles. The lowest BCUT2D eigenvalue weighted by Gasteiger charge is -2.32. The van der Waals surface area contributed by atoms with Gasteiger partial charge in [-0.2, -0.15) is 0 Å². The van der Waals surface area contributed by atoms with Crippen molar-refractivity contribution in [3.8, 4) is 0 Å². The Morgan fingerprint density at radius 2 is 2.05 bits per heavy atom. The van der Waals surface area contributed by atoms with E-state index in [1.54, 1.807) is 6.07 Å². The Balaban J connectivity index is 1.55. The minimum atomic E-state index is -0.151. The number of amides is 2. The number of aromatic nitrogens is 1. The van der Waals surface area contributed by atoms with E-state index >= 15 is 0 Å². The average molecular weight is 345 g/mol. The van der Waals surface area contributed by atoms with E-state index in [-0.39, 0.29) is 6.03 Å². The Morgan fingerprint density at radius 1 is 1.27 bits per heavy atom. The van der Waals surface area contributed by atoms with Crippen molar-refractivity contribution < 1.29 is 9.53 Å². The molecule has 2 aliphatic rings. The van der Waals surface area contributed by atoms with Crippen LogP contribution >= 0.6 is 23.2 Å². The molecule has 0 aromatic carbocycles. The van der Waals surface area contributed by atoms with Crippen molar-refractivity contribution in [1.29, 1.82) is 0 Å². The van der Waals surface area contributed by atoms with Crippen molar-refractivity contribution in [2.24, 2.45) is 0 Å². The predicted molar refractivity (Wildman–Crippen MR) is 85.6 cm³/mol. The fraction of sp³-hybridized carbons (Fsp3) is 0.571. The van der Waals surface area contributed by atoms with Gasteiger partial charge in [0.2, 0.25) is 0 Å². The highest BCUT2D eigenvalue weighted by molar-refractivity contribution is 6.42. The number of likely N-dealkylation sites (tertiary alicyclic amines) is 1. The van der Waals surface area contributed by atoms with Crippen LogP contribution in [0.2, 0.25) is 10.0 Å². The molecular formula is C14H18Cl2N4O2. The third-order valence-electron chi connectivity index (χ3n) is 4.06. The molecule has 6 nitrogen and oxygen atoms in total. The number of carbonyl (C=O) groups is 1. The van der Waals surface area contributed by atoms with Crippen LogP contribution in [0.3, 0.4) is 0 Å². The Morgan fingerprint density at radius 3 is 2.77 bits per heavy atom. The minimum Gasteiger partial charge on any atom is -0.379 e. The van der Waals surface area contributed by atoms with Gasteiger partial charge in [0, 0.05) is 44.5 Å². The molecule has 0 aliphatic carbocycles. The van der Waals surface area contributed by atoms with Crippen molar-refractivity contribution in [2.75, 3.05) is 44.7 Å². The summed E-state index contributed by atoms with van der Waals surface area (Å²) < 4.78 is 5.37. The summed E-state index contributed by atoms with van der Waals surface area (Å²) in [7, 11) is 0. The average Bonchev–Trinajstić information content (AvgIpc) is 3.02. The number of morpholine rings is 1. The summed E-state index contributed by atoms with van der Waals surface area (Å²) in [5.74, 6) is 0.411. The number of hydrogen-bond donors (Lipinski definition) is 1. The molecule has 1 aromatic rings. The number of rotatable bonds is 2. The fourth-order valence-corrected chi connectivity index (χ4v) is 3.09. The highest BCUT2D eigenvalue weighted by Gasteiger charge is 2.31. The maximum absolute atomic E-state index is 12.3. The van der Waals surface area contributed by atoms with E-state index in [0.29, 0.717) is 21.9 Å². The largest absolute Gasteiger partial charge is 0.379 e. The zero-order valence-electron chi connectivity index (χ0n) is 12.1. The lowest BCUT2D eigenvalue weighted by molar-refractivity contribution is 0.0192. The van der Waals surface area contributed by atoms with Crippen LogP contribution in [0.5, 0.6) is 0 Å². The molecule has 2 saturated heterocycles. The van der Waals surface area contributed by atoms with Crippen LogP contribution in [0.15, 0.2) is 12.3 Å². The van der Waals surface area contributed by atoms with Gasteiger partial charge in [-0.25, -0.2) is 9.78 Å². The topological polar surface area (TPSA) is 57.7 Å². The van der Waals surface area contributed by atoms with Crippen LogP contribution in [0.1, 0.15) is 6.42 Å². The molecule has 1 aromatic heterocycles. The summed E-state index contributed by atoms with van der Waals surface area (Å²) in [5, 5.41) is 3.51. The number of ether oxygens (including phenoxy) is 1. The Bertz CT molecular complexity index is 552. The van der Waals surface area contributed by atoms with Gasteiger partial charge >= 0.3 is 6.03 Å². The van der Waals surface area contributed by atoms with Gasteiger partial charge in [-0.05, 0) is 6.42 Å². The first-order chi connectivity index (χ1) is 10.6. The van der Waals surface area contributed by atoms with Crippen LogP contribution < -0.4 is 5.32 Å². The summed E-state index contributed by atoms with van der Waals surface area (Å²) in [6.07, 6.45) is 2.42. The first kappa shape index (κ1) is 15.8. The predicted octanol–water partition coefficient (Wildman–Crippen LogP) is 2.33. The van der Waals surface area contributed by atoms with E-state index in [1.165, 1.54) is 6.20 Å². The molecule has 3 heterocycles. The van der Waals surface area contributed by atoms with Crippen molar-refractivity contribution in [3.05, 3.63) is 22.3 Å². The molecule has 8 heteroatoms. The Hall–Kier alpha value is -1.08. The van der Waals surface area contributed by atoms with Crippen LogP contribution in [0, 0.1) is 0 Å². The molecule has 120 valence electrons. The van der Waals surface area contributed by atoms with Crippen molar-refractivity contribution in [3.63, 3.8) is 0 Å². The zero-order chi connectivity index (χ0) is 15.5. The monoisotopic (exact) mass is 344 g/mol. The van der Waals surface area contributed by atoms with E-state index in [4.69, 9.17) is 27.9 Å². The van der Waals surface area contributed by atoms with Gasteiger partial charge in [0.15, 0.2) is 0 Å². The van der Waals surface area contributed by atoms with Crippen LogP contribution in [-0.2, 0) is 4.74 Å². The Labute approximate surface area is 139 Å². The molecule has 2 aliphatic heterocycles. The highest BCUT2D eigenvalue weighted by Crippen LogP contribution is 2.23. The van der Waals surface area contributed by atoms with Crippen molar-refractivity contribution in [1.82, 2.24) is 14.8 Å². The van der Waals surface area contributed by atoms with Gasteiger partial charge in [-0.1, -0.05) is 23.2 Å². The third kappa shape index (κ3) is 3.63. The number of halogens is 2. The van der Waals surface area contributed by atoms with E-state index in [0.717, 1.165) is 45.8 Å². The molecule has 0 spiro atoms. The van der Waals surface area contributed by atoms with Gasteiger partial charge in [0.1, 0.15) is 5.82 Å². The van der Waals surface area contributed by atoms with Crippen LogP contribution in [0.4, 0.5) is 10.6 Å². The van der Waals surface area contributed by atoms with Gasteiger partial charge in [0.05, 0.1) is 23.3 Å². The second-order valence-electron chi connectivity index (χ2n) is 5.45. The SMILES string of the molecule is O=C(Nc1cc(Cl)c(Cl)cn1)N1CCC(N2CCOCC2)C1. The lowest BCUT2D eigenvalue weighted by atomic mass is 10.2. The maximum atomic E-state index is 12.3. The second-order valence-corrected chi connectivity index (χ2v) is 6.27. The lowest BCUT2D eigenvalue weighted by Crippen LogP contribution is -2.45. The van der Waals surface area contributed by atoms with Crippen LogP contribution in [0.25, 0.3) is 0 Å². The second kappa shape index (κ2) is 7.00. The molecule has 2 fully saturated rings. The third-order valence-corrected chi connectivity index (χ3v) is 4.77. The zero-order valence-corrected chi connectivity index (χ0v) is 13.6. The number of urea groups is 1. The number of pyridine rings is 1. The normalized spacial score (nSPS) is 22.8. The summed E-state index contributed by atoms with van der Waals surface area (Å²) in [5.41, 5.74) is 0. The number of carbonyl (C=O) groups excluding carboxylic acids is 1. The van der Waals surface area contributed by atoms with E-state index in [2.05, 4.69) is 15.2 Å². The van der Waals surface area contributed by atoms with Gasteiger partial charge in [0.25, 0.3) is 0 Å². The molecule has 0 bridgehead atoms. The molecular weight excluding hydrogens is 327 g/mol. The molecule has 0 radical (unpaired) electrons. The maximum Gasteiger partial charge on any atom is 0.323 e. The molecule has 1 N–H and O–H groups in total. The summed E-state index contributed by atoms with van der Waals surface area (Å²) >= 11 is 11.7. The van der Waals surface area contributed by atoms with Gasteiger partial charge < -0.3 is 9.64 Å². The van der Waals surface area contributed by atoms with E-state index in [1.807, 2.05) is 4.90 Å². The van der Waals surface area contributed by atoms with E-state index in [9.17, 15) is 4.79 Å². The van der Waals surface area contributed by atoms with Crippen LogP contribution in [-0.4, -0.2) is 66.2 Å². The molecule has 2 amide bonds. The standard InChI is InChI=1S/C14H18Cl2N4O2/c15-11-7-13(17-8-12(11)16)18-14(21)20-2-1-10(9-20)19-3-5-22-6-4-19/h7-8,10H,1-6,9H2,(H,17,18,21). The molecule has 22 heavy (non-hydrogen) atoms. The fourth-order valence-electron chi connectivity index (χ4n) is 2.84. The first-order valence-corrected chi connectivity index (χ1v) is 8.08. The molecule has 1 unspecified atom stereocenters. The van der Waals surface area contributed by atoms with Crippen molar-refractivity contribution >= 4 is 35.1 Å². The highest BCUT2D eigenvalue weighted by atomic mass is 35.5. The van der Waals surface area contributed by atoms with E-state index < -0.39 is 0 Å². The Kier molecular flexibility index (Phi) is 5.03. The quantitative estimate of drug-likeness (QED) is 0.894. The first-order valence-electron chi connectivity index (χ1n) is 7.32. The minimum absolute atomic E-state index is 0.151. The summed E-state index contributed by atoms with van der Waals surface area (Å²) in [4.78, 5) is 20.6. The molecule has 3 rings (SSSR count). The summed E-state index contributed by atoms with van der Waals surface area (Å²) in [6.45, 7) is 4.90. The smallest absolute Gasteiger partial charge is 0.323 e. The van der Waals surface area contributed by atoms with Gasteiger partial charge in [-0.15, -0.1) is 0 Å². The van der Waals surface area contributed by atoms with Gasteiger partial charge in [-0.3, -0.25) is 10.2 Å².